The highest BCUT2D eigenvalue weighted by Crippen LogP contribution is 2.14. The Balaban J connectivity index is 2.41. The molecular weight excluding hydrogens is 244 g/mol. The normalized spacial score (nSPS) is 11.9. The van der Waals surface area contributed by atoms with Crippen LogP contribution in [0.1, 0.15) is 31.7 Å². The van der Waals surface area contributed by atoms with Crippen molar-refractivity contribution in [2.75, 3.05) is 6.61 Å². The van der Waals surface area contributed by atoms with Gasteiger partial charge in [0.05, 0.1) is 12.6 Å². The lowest BCUT2D eigenvalue weighted by Gasteiger charge is -2.10. The van der Waals surface area contributed by atoms with Crippen molar-refractivity contribution in [2.24, 2.45) is 5.73 Å². The molecule has 0 heterocycles. The van der Waals surface area contributed by atoms with E-state index in [1.807, 2.05) is 24.3 Å². The number of ether oxygens (including phenoxy) is 1. The first kappa shape index (κ1) is 15.5. The summed E-state index contributed by atoms with van der Waals surface area (Å²) >= 11 is 0. The average Bonchev–Trinajstić information content (AvgIpc) is 2.44. The number of hydroxylamine groups is 1. The summed E-state index contributed by atoms with van der Waals surface area (Å²) in [5.74, 6) is 0.236. The van der Waals surface area contributed by atoms with Gasteiger partial charge in [-0.05, 0) is 30.5 Å². The monoisotopic (exact) mass is 266 g/mol. The van der Waals surface area contributed by atoms with E-state index in [1.54, 1.807) is 5.48 Å². The Kier molecular flexibility index (Phi) is 6.92. The Hall–Kier alpha value is -1.59. The van der Waals surface area contributed by atoms with E-state index in [0.29, 0.717) is 6.42 Å². The minimum Gasteiger partial charge on any atom is -0.494 e. The fourth-order valence-electron chi connectivity index (χ4n) is 1.69. The number of nitrogens with two attached hydrogens (primary N) is 1. The molecule has 5 nitrogen and oxygen atoms in total. The van der Waals surface area contributed by atoms with Crippen molar-refractivity contribution in [2.45, 2.75) is 38.6 Å². The van der Waals surface area contributed by atoms with Gasteiger partial charge in [0.25, 0.3) is 5.91 Å². The average molecular weight is 266 g/mol. The Bertz CT molecular complexity index is 379. The van der Waals surface area contributed by atoms with Crippen LogP contribution in [0, 0.1) is 0 Å². The molecule has 1 rings (SSSR count). The first-order valence-electron chi connectivity index (χ1n) is 6.58. The van der Waals surface area contributed by atoms with E-state index in [1.165, 1.54) is 12.8 Å². The summed E-state index contributed by atoms with van der Waals surface area (Å²) < 4.78 is 5.59. The topological polar surface area (TPSA) is 84.6 Å². The van der Waals surface area contributed by atoms with Crippen LogP contribution in [0.4, 0.5) is 0 Å². The lowest BCUT2D eigenvalue weighted by atomic mass is 10.1. The molecule has 0 saturated carbocycles. The van der Waals surface area contributed by atoms with E-state index in [2.05, 4.69) is 6.92 Å². The molecule has 0 fully saturated rings. The van der Waals surface area contributed by atoms with Gasteiger partial charge < -0.3 is 10.5 Å². The zero-order valence-electron chi connectivity index (χ0n) is 11.3. The van der Waals surface area contributed by atoms with E-state index in [0.717, 1.165) is 24.3 Å². The van der Waals surface area contributed by atoms with E-state index in [4.69, 9.17) is 15.7 Å². The van der Waals surface area contributed by atoms with Crippen molar-refractivity contribution in [3.63, 3.8) is 0 Å². The van der Waals surface area contributed by atoms with E-state index in [-0.39, 0.29) is 0 Å². The molecule has 0 aliphatic rings. The third kappa shape index (κ3) is 5.72. The minimum atomic E-state index is -0.749. The SMILES string of the molecule is CCCCCOc1ccc(C[C@H](N)C(=O)NO)cc1. The van der Waals surface area contributed by atoms with Crippen molar-refractivity contribution in [1.82, 2.24) is 5.48 Å². The van der Waals surface area contributed by atoms with Crippen molar-refractivity contribution < 1.29 is 14.7 Å². The van der Waals surface area contributed by atoms with Gasteiger partial charge in [-0.1, -0.05) is 31.9 Å². The number of hydrogen-bond acceptors (Lipinski definition) is 4. The molecule has 0 aliphatic heterocycles. The van der Waals surface area contributed by atoms with Gasteiger partial charge >= 0.3 is 0 Å². The second kappa shape index (κ2) is 8.50. The fraction of sp³-hybridized carbons (Fsp3) is 0.500. The number of nitrogens with one attached hydrogen (secondary N) is 1. The van der Waals surface area contributed by atoms with Crippen molar-refractivity contribution in [1.29, 1.82) is 0 Å². The van der Waals surface area contributed by atoms with Gasteiger partial charge in [0, 0.05) is 0 Å². The van der Waals surface area contributed by atoms with Gasteiger partial charge in [0.2, 0.25) is 0 Å². The largest absolute Gasteiger partial charge is 0.494 e. The number of amides is 1. The van der Waals surface area contributed by atoms with Gasteiger partial charge in [0.15, 0.2) is 0 Å². The third-order valence-electron chi connectivity index (χ3n) is 2.84. The highest BCUT2D eigenvalue weighted by Gasteiger charge is 2.12. The molecule has 0 unspecified atom stereocenters. The lowest BCUT2D eigenvalue weighted by molar-refractivity contribution is -0.130. The van der Waals surface area contributed by atoms with Gasteiger partial charge in [0.1, 0.15) is 5.75 Å². The van der Waals surface area contributed by atoms with Crippen molar-refractivity contribution in [3.8, 4) is 5.75 Å². The Morgan fingerprint density at radius 1 is 1.37 bits per heavy atom. The number of carbonyl (C=O) groups excluding carboxylic acids is 1. The summed E-state index contributed by atoms with van der Waals surface area (Å²) in [6.45, 7) is 2.88. The second-order valence-corrected chi connectivity index (χ2v) is 4.49. The van der Waals surface area contributed by atoms with Crippen LogP contribution in [0.25, 0.3) is 0 Å². The number of unbranched alkanes of at least 4 members (excludes halogenated alkanes) is 2. The van der Waals surface area contributed by atoms with Crippen LogP contribution in [0.3, 0.4) is 0 Å². The molecule has 1 amide bonds. The van der Waals surface area contributed by atoms with Crippen LogP contribution in [-0.2, 0) is 11.2 Å². The maximum atomic E-state index is 11.1. The molecule has 0 aliphatic carbocycles. The van der Waals surface area contributed by atoms with E-state index >= 15 is 0 Å². The molecule has 0 bridgehead atoms. The molecule has 0 spiro atoms. The van der Waals surface area contributed by atoms with Crippen LogP contribution in [0.15, 0.2) is 24.3 Å². The number of benzene rings is 1. The van der Waals surface area contributed by atoms with Crippen LogP contribution < -0.4 is 16.0 Å². The van der Waals surface area contributed by atoms with Crippen molar-refractivity contribution in [3.05, 3.63) is 29.8 Å². The second-order valence-electron chi connectivity index (χ2n) is 4.49. The summed E-state index contributed by atoms with van der Waals surface area (Å²) in [6, 6.07) is 6.73. The first-order chi connectivity index (χ1) is 9.17. The van der Waals surface area contributed by atoms with Gasteiger partial charge in [-0.25, -0.2) is 5.48 Å². The van der Waals surface area contributed by atoms with Crippen molar-refractivity contribution >= 4 is 5.91 Å². The smallest absolute Gasteiger partial charge is 0.260 e. The molecule has 0 radical (unpaired) electrons. The maximum Gasteiger partial charge on any atom is 0.260 e. The van der Waals surface area contributed by atoms with Crippen LogP contribution in [-0.4, -0.2) is 23.8 Å². The number of carbonyl (C=O) groups is 1. The minimum absolute atomic E-state index is 0.377. The molecule has 106 valence electrons. The summed E-state index contributed by atoms with van der Waals surface area (Å²) in [4.78, 5) is 11.1. The Morgan fingerprint density at radius 2 is 2.05 bits per heavy atom. The van der Waals surface area contributed by atoms with E-state index in [9.17, 15) is 4.79 Å². The predicted molar refractivity (Wildman–Crippen MR) is 73.1 cm³/mol. The zero-order valence-corrected chi connectivity index (χ0v) is 11.3. The summed E-state index contributed by atoms with van der Waals surface area (Å²) in [5, 5.41) is 8.47. The Labute approximate surface area is 113 Å². The molecule has 1 atom stereocenters. The molecule has 0 saturated heterocycles. The number of hydrogen-bond donors (Lipinski definition) is 3. The quantitative estimate of drug-likeness (QED) is 0.379. The lowest BCUT2D eigenvalue weighted by Crippen LogP contribution is -2.40. The molecule has 0 aromatic heterocycles. The summed E-state index contributed by atoms with van der Waals surface area (Å²) in [6.07, 6.45) is 3.78. The number of rotatable bonds is 8. The summed E-state index contributed by atoms with van der Waals surface area (Å²) in [5.41, 5.74) is 8.08. The zero-order chi connectivity index (χ0) is 14.1. The Morgan fingerprint density at radius 3 is 2.63 bits per heavy atom. The molecule has 1 aromatic rings. The standard InChI is InChI=1S/C14H22N2O3/c1-2-3-4-9-19-12-7-5-11(6-8-12)10-13(15)14(17)16-18/h5-8,13,18H,2-4,9-10,15H2,1H3,(H,16,17)/t13-/m0/s1. The fourth-order valence-corrected chi connectivity index (χ4v) is 1.69. The van der Waals surface area contributed by atoms with Crippen LogP contribution >= 0.6 is 0 Å². The first-order valence-corrected chi connectivity index (χ1v) is 6.58. The molecule has 19 heavy (non-hydrogen) atoms. The van der Waals surface area contributed by atoms with Gasteiger partial charge in [-0.15, -0.1) is 0 Å². The van der Waals surface area contributed by atoms with E-state index < -0.39 is 11.9 Å². The van der Waals surface area contributed by atoms with Gasteiger partial charge in [-0.3, -0.25) is 10.0 Å². The third-order valence-corrected chi connectivity index (χ3v) is 2.84. The highest BCUT2D eigenvalue weighted by atomic mass is 16.5. The molecule has 1 aromatic carbocycles. The summed E-state index contributed by atoms with van der Waals surface area (Å²) in [7, 11) is 0. The highest BCUT2D eigenvalue weighted by molar-refractivity contribution is 5.80. The molecule has 4 N–H and O–H groups in total. The molecular formula is C14H22N2O3. The van der Waals surface area contributed by atoms with Crippen LogP contribution in [0.2, 0.25) is 0 Å². The molecule has 5 heteroatoms. The predicted octanol–water partition coefficient (Wildman–Crippen LogP) is 1.63. The van der Waals surface area contributed by atoms with Gasteiger partial charge in [-0.2, -0.15) is 0 Å². The van der Waals surface area contributed by atoms with Crippen LogP contribution in [0.5, 0.6) is 5.75 Å². The maximum absolute atomic E-state index is 11.1.